The average Bonchev–Trinajstić information content (AvgIpc) is 2.76. The molecule has 18 heavy (non-hydrogen) atoms. The highest BCUT2D eigenvalue weighted by Gasteiger charge is 2.10. The third kappa shape index (κ3) is 3.04. The molecule has 0 aliphatic rings. The Morgan fingerprint density at radius 2 is 2.06 bits per heavy atom. The van der Waals surface area contributed by atoms with Gasteiger partial charge in [-0.15, -0.1) is 10.2 Å². The summed E-state index contributed by atoms with van der Waals surface area (Å²) in [5, 5.41) is 11.8. The van der Waals surface area contributed by atoms with E-state index < -0.39 is 0 Å². The van der Waals surface area contributed by atoms with Crippen LogP contribution in [0.25, 0.3) is 0 Å². The first-order chi connectivity index (χ1) is 8.69. The third-order valence-electron chi connectivity index (χ3n) is 2.57. The van der Waals surface area contributed by atoms with Crippen LogP contribution in [0.5, 0.6) is 5.75 Å². The van der Waals surface area contributed by atoms with E-state index in [1.54, 1.807) is 7.05 Å². The minimum absolute atomic E-state index is 0.134. The van der Waals surface area contributed by atoms with Crippen LogP contribution in [0.3, 0.4) is 0 Å². The molecule has 1 aromatic carbocycles. The highest BCUT2D eigenvalue weighted by Crippen LogP contribution is 2.18. The number of aromatic nitrogens is 4. The van der Waals surface area contributed by atoms with E-state index in [0.717, 1.165) is 11.3 Å². The van der Waals surface area contributed by atoms with Crippen molar-refractivity contribution in [1.29, 1.82) is 0 Å². The molecule has 2 aromatic rings. The molecule has 0 aliphatic carbocycles. The van der Waals surface area contributed by atoms with Gasteiger partial charge in [0.15, 0.2) is 5.82 Å². The minimum atomic E-state index is -0.134. The number of benzene rings is 1. The minimum Gasteiger partial charge on any atom is -0.494 e. The Balaban J connectivity index is 2.02. The summed E-state index contributed by atoms with van der Waals surface area (Å²) >= 11 is 0. The summed E-state index contributed by atoms with van der Waals surface area (Å²) in [5.41, 5.74) is 7.14. The van der Waals surface area contributed by atoms with E-state index >= 15 is 0 Å². The van der Waals surface area contributed by atoms with Crippen molar-refractivity contribution in [2.24, 2.45) is 12.8 Å². The zero-order valence-electron chi connectivity index (χ0n) is 10.6. The molecular weight excluding hydrogens is 230 g/mol. The predicted octanol–water partition coefficient (Wildman–Crippen LogP) is 0.851. The molecule has 6 heteroatoms. The second kappa shape index (κ2) is 5.59. The van der Waals surface area contributed by atoms with Crippen molar-refractivity contribution in [3.63, 3.8) is 0 Å². The summed E-state index contributed by atoms with van der Waals surface area (Å²) in [7, 11) is 1.74. The molecule has 0 radical (unpaired) electrons. The van der Waals surface area contributed by atoms with Gasteiger partial charge in [-0.3, -0.25) is 0 Å². The van der Waals surface area contributed by atoms with Gasteiger partial charge >= 0.3 is 0 Å². The molecule has 1 atom stereocenters. The van der Waals surface area contributed by atoms with E-state index in [1.807, 2.05) is 31.2 Å². The van der Waals surface area contributed by atoms with Gasteiger partial charge in [0.1, 0.15) is 5.75 Å². The van der Waals surface area contributed by atoms with Crippen molar-refractivity contribution in [1.82, 2.24) is 20.2 Å². The highest BCUT2D eigenvalue weighted by atomic mass is 16.5. The fourth-order valence-electron chi connectivity index (χ4n) is 1.70. The van der Waals surface area contributed by atoms with Crippen LogP contribution in [-0.2, 0) is 13.5 Å². The molecule has 1 heterocycles. The predicted molar refractivity (Wildman–Crippen MR) is 67.0 cm³/mol. The van der Waals surface area contributed by atoms with Crippen LogP contribution >= 0.6 is 0 Å². The number of hydrogen-bond acceptors (Lipinski definition) is 5. The van der Waals surface area contributed by atoms with Gasteiger partial charge in [0.05, 0.1) is 13.7 Å². The number of aryl methyl sites for hydroxylation is 1. The van der Waals surface area contributed by atoms with Crippen LogP contribution < -0.4 is 10.5 Å². The van der Waals surface area contributed by atoms with E-state index in [2.05, 4.69) is 15.4 Å². The molecule has 0 amide bonds. The van der Waals surface area contributed by atoms with E-state index in [4.69, 9.17) is 10.5 Å². The van der Waals surface area contributed by atoms with Crippen LogP contribution in [0.4, 0.5) is 0 Å². The molecule has 1 unspecified atom stereocenters. The Hall–Kier alpha value is -1.95. The van der Waals surface area contributed by atoms with E-state index in [-0.39, 0.29) is 6.04 Å². The second-order valence-corrected chi connectivity index (χ2v) is 4.01. The van der Waals surface area contributed by atoms with Crippen molar-refractivity contribution in [2.45, 2.75) is 19.4 Å². The number of hydrogen-bond donors (Lipinski definition) is 1. The Labute approximate surface area is 106 Å². The zero-order chi connectivity index (χ0) is 13.0. The number of ether oxygens (including phenoxy) is 1. The first kappa shape index (κ1) is 12.5. The fourth-order valence-corrected chi connectivity index (χ4v) is 1.70. The monoisotopic (exact) mass is 247 g/mol. The SMILES string of the molecule is CCOc1ccc(C(N)Cc2nnn(C)n2)cc1. The van der Waals surface area contributed by atoms with Crippen molar-refractivity contribution in [3.05, 3.63) is 35.7 Å². The topological polar surface area (TPSA) is 78.9 Å². The van der Waals surface area contributed by atoms with Gasteiger partial charge in [-0.05, 0) is 29.8 Å². The Kier molecular flexibility index (Phi) is 3.88. The Morgan fingerprint density at radius 1 is 1.33 bits per heavy atom. The van der Waals surface area contributed by atoms with Gasteiger partial charge in [0.2, 0.25) is 0 Å². The summed E-state index contributed by atoms with van der Waals surface area (Å²) in [6, 6.07) is 7.63. The summed E-state index contributed by atoms with van der Waals surface area (Å²) in [6.07, 6.45) is 0.571. The molecule has 6 nitrogen and oxygen atoms in total. The average molecular weight is 247 g/mol. The second-order valence-electron chi connectivity index (χ2n) is 4.01. The first-order valence-corrected chi connectivity index (χ1v) is 5.90. The number of tetrazole rings is 1. The zero-order valence-corrected chi connectivity index (χ0v) is 10.6. The van der Waals surface area contributed by atoms with Gasteiger partial charge in [-0.25, -0.2) is 0 Å². The van der Waals surface area contributed by atoms with Crippen LogP contribution in [0.1, 0.15) is 24.4 Å². The molecule has 96 valence electrons. The lowest BCUT2D eigenvalue weighted by molar-refractivity contribution is 0.340. The highest BCUT2D eigenvalue weighted by molar-refractivity contribution is 5.29. The number of nitrogens with zero attached hydrogens (tertiary/aromatic N) is 4. The van der Waals surface area contributed by atoms with Crippen molar-refractivity contribution in [2.75, 3.05) is 6.61 Å². The standard InChI is InChI=1S/C12H17N5O/c1-3-18-10-6-4-9(5-7-10)11(13)8-12-14-16-17(2)15-12/h4-7,11H,3,8,13H2,1-2H3. The lowest BCUT2D eigenvalue weighted by atomic mass is 10.0. The smallest absolute Gasteiger partial charge is 0.176 e. The molecule has 0 saturated heterocycles. The van der Waals surface area contributed by atoms with Gasteiger partial charge in [-0.2, -0.15) is 4.80 Å². The van der Waals surface area contributed by atoms with Crippen LogP contribution in [0.2, 0.25) is 0 Å². The molecule has 0 spiro atoms. The van der Waals surface area contributed by atoms with E-state index in [1.165, 1.54) is 4.80 Å². The molecule has 1 aromatic heterocycles. The van der Waals surface area contributed by atoms with Gasteiger partial charge in [-0.1, -0.05) is 12.1 Å². The number of nitrogens with two attached hydrogens (primary N) is 1. The van der Waals surface area contributed by atoms with Crippen molar-refractivity contribution >= 4 is 0 Å². The molecule has 0 aliphatic heterocycles. The molecule has 0 saturated carbocycles. The van der Waals surface area contributed by atoms with Gasteiger partial charge in [0, 0.05) is 12.5 Å². The summed E-state index contributed by atoms with van der Waals surface area (Å²) in [6.45, 7) is 2.62. The lowest BCUT2D eigenvalue weighted by Crippen LogP contribution is -2.14. The largest absolute Gasteiger partial charge is 0.494 e. The first-order valence-electron chi connectivity index (χ1n) is 5.90. The molecule has 2 rings (SSSR count). The fraction of sp³-hybridized carbons (Fsp3) is 0.417. The summed E-state index contributed by atoms with van der Waals surface area (Å²) in [5.74, 6) is 1.50. The van der Waals surface area contributed by atoms with E-state index in [0.29, 0.717) is 18.9 Å². The van der Waals surface area contributed by atoms with Crippen LogP contribution in [0, 0.1) is 0 Å². The van der Waals surface area contributed by atoms with Crippen LogP contribution in [0.15, 0.2) is 24.3 Å². The molecule has 0 fully saturated rings. The Morgan fingerprint density at radius 3 is 2.61 bits per heavy atom. The maximum absolute atomic E-state index is 6.10. The quantitative estimate of drug-likeness (QED) is 0.847. The van der Waals surface area contributed by atoms with Crippen molar-refractivity contribution in [3.8, 4) is 5.75 Å². The number of rotatable bonds is 5. The van der Waals surface area contributed by atoms with Crippen LogP contribution in [-0.4, -0.2) is 26.8 Å². The molecule has 0 bridgehead atoms. The normalized spacial score (nSPS) is 12.4. The maximum atomic E-state index is 6.10. The summed E-state index contributed by atoms with van der Waals surface area (Å²) in [4.78, 5) is 1.43. The maximum Gasteiger partial charge on any atom is 0.176 e. The molecule has 2 N–H and O–H groups in total. The van der Waals surface area contributed by atoms with E-state index in [9.17, 15) is 0 Å². The lowest BCUT2D eigenvalue weighted by Gasteiger charge is -2.10. The summed E-state index contributed by atoms with van der Waals surface area (Å²) < 4.78 is 5.38. The van der Waals surface area contributed by atoms with Gasteiger partial charge in [0.25, 0.3) is 0 Å². The van der Waals surface area contributed by atoms with Crippen molar-refractivity contribution < 1.29 is 4.74 Å². The third-order valence-corrected chi connectivity index (χ3v) is 2.57. The molecular formula is C12H17N5O. The Bertz CT molecular complexity index is 493. The van der Waals surface area contributed by atoms with Gasteiger partial charge < -0.3 is 10.5 Å².